The van der Waals surface area contributed by atoms with Crippen molar-refractivity contribution in [2.75, 3.05) is 19.6 Å². The van der Waals surface area contributed by atoms with Crippen LogP contribution in [0.5, 0.6) is 0 Å². The highest BCUT2D eigenvalue weighted by atomic mass is 19.1. The first kappa shape index (κ1) is 11.1. The number of hydrogen-bond donors (Lipinski definition) is 0. The van der Waals surface area contributed by atoms with E-state index in [9.17, 15) is 9.18 Å². The molecule has 0 bridgehead atoms. The molecule has 0 atom stereocenters. The highest BCUT2D eigenvalue weighted by Gasteiger charge is 2.23. The maximum absolute atomic E-state index is 13.4. The zero-order valence-corrected chi connectivity index (χ0v) is 8.97. The zero-order valence-electron chi connectivity index (χ0n) is 8.97. The Hall–Kier alpha value is -1.36. The molecule has 0 aliphatic carbocycles. The molecule has 5 heteroatoms. The molecule has 1 aromatic heterocycles. The minimum absolute atomic E-state index is 0.136. The third-order valence-electron chi connectivity index (χ3n) is 2.99. The van der Waals surface area contributed by atoms with E-state index in [0.29, 0.717) is 12.2 Å². The van der Waals surface area contributed by atoms with Gasteiger partial charge in [0, 0.05) is 18.3 Å². The fourth-order valence-corrected chi connectivity index (χ4v) is 2.10. The standard InChI is InChI=1S/C11H14FN3O/c12-11-10(13-3-4-14-11)9-1-5-15(6-2-9)7-8-16/h3-4,8-9H,1-2,5-7H2. The lowest BCUT2D eigenvalue weighted by Crippen LogP contribution is -2.34. The lowest BCUT2D eigenvalue weighted by Gasteiger charge is -2.29. The third-order valence-corrected chi connectivity index (χ3v) is 2.99. The van der Waals surface area contributed by atoms with Crippen molar-refractivity contribution in [2.24, 2.45) is 0 Å². The Kier molecular flexibility index (Phi) is 3.56. The molecule has 2 heterocycles. The Bertz CT molecular complexity index is 364. The Labute approximate surface area is 93.5 Å². The van der Waals surface area contributed by atoms with E-state index in [1.165, 1.54) is 12.4 Å². The first-order valence-electron chi connectivity index (χ1n) is 5.43. The van der Waals surface area contributed by atoms with Crippen LogP contribution in [0.3, 0.4) is 0 Å². The van der Waals surface area contributed by atoms with Gasteiger partial charge in [-0.15, -0.1) is 0 Å². The molecular formula is C11H14FN3O. The molecule has 1 fully saturated rings. The quantitative estimate of drug-likeness (QED) is 0.717. The van der Waals surface area contributed by atoms with Crippen molar-refractivity contribution in [3.63, 3.8) is 0 Å². The largest absolute Gasteiger partial charge is 0.302 e. The molecule has 0 N–H and O–H groups in total. The Morgan fingerprint density at radius 2 is 2.06 bits per heavy atom. The molecule has 4 nitrogen and oxygen atoms in total. The zero-order chi connectivity index (χ0) is 11.4. The molecule has 1 aromatic rings. The average Bonchev–Trinajstić information content (AvgIpc) is 2.31. The van der Waals surface area contributed by atoms with Gasteiger partial charge < -0.3 is 4.79 Å². The lowest BCUT2D eigenvalue weighted by atomic mass is 9.93. The minimum Gasteiger partial charge on any atom is -0.302 e. The summed E-state index contributed by atoms with van der Waals surface area (Å²) in [5, 5.41) is 0. The van der Waals surface area contributed by atoms with Gasteiger partial charge in [-0.05, 0) is 25.9 Å². The summed E-state index contributed by atoms with van der Waals surface area (Å²) in [6, 6.07) is 0. The van der Waals surface area contributed by atoms with Crippen molar-refractivity contribution in [1.82, 2.24) is 14.9 Å². The van der Waals surface area contributed by atoms with Crippen molar-refractivity contribution in [1.29, 1.82) is 0 Å². The summed E-state index contributed by atoms with van der Waals surface area (Å²) >= 11 is 0. The van der Waals surface area contributed by atoms with Crippen molar-refractivity contribution >= 4 is 6.29 Å². The van der Waals surface area contributed by atoms with E-state index < -0.39 is 5.95 Å². The summed E-state index contributed by atoms with van der Waals surface area (Å²) in [7, 11) is 0. The Morgan fingerprint density at radius 3 is 2.69 bits per heavy atom. The Balaban J connectivity index is 1.99. The topological polar surface area (TPSA) is 46.1 Å². The van der Waals surface area contributed by atoms with Crippen LogP contribution in [0.2, 0.25) is 0 Å². The third kappa shape index (κ3) is 2.41. The summed E-state index contributed by atoms with van der Waals surface area (Å²) in [6.45, 7) is 2.11. The van der Waals surface area contributed by atoms with Crippen LogP contribution in [-0.4, -0.2) is 40.8 Å². The van der Waals surface area contributed by atoms with E-state index in [4.69, 9.17) is 0 Å². The van der Waals surface area contributed by atoms with Gasteiger partial charge in [0.1, 0.15) is 6.29 Å². The fourth-order valence-electron chi connectivity index (χ4n) is 2.10. The van der Waals surface area contributed by atoms with Crippen molar-refractivity contribution in [3.05, 3.63) is 24.0 Å². The van der Waals surface area contributed by atoms with Gasteiger partial charge in [-0.25, -0.2) is 4.98 Å². The second-order valence-electron chi connectivity index (χ2n) is 3.97. The molecule has 1 saturated heterocycles. The molecule has 1 aliphatic rings. The second-order valence-corrected chi connectivity index (χ2v) is 3.97. The van der Waals surface area contributed by atoms with Gasteiger partial charge in [0.25, 0.3) is 0 Å². The van der Waals surface area contributed by atoms with Crippen LogP contribution in [0.1, 0.15) is 24.5 Å². The number of carbonyl (C=O) groups excluding carboxylic acids is 1. The maximum atomic E-state index is 13.4. The molecule has 0 saturated carbocycles. The summed E-state index contributed by atoms with van der Waals surface area (Å²) in [5.41, 5.74) is 0.466. The lowest BCUT2D eigenvalue weighted by molar-refractivity contribution is -0.109. The second kappa shape index (κ2) is 5.12. The number of nitrogens with zero attached hydrogens (tertiary/aromatic N) is 3. The van der Waals surface area contributed by atoms with Gasteiger partial charge in [0.2, 0.25) is 5.95 Å². The van der Waals surface area contributed by atoms with Crippen molar-refractivity contribution in [3.8, 4) is 0 Å². The minimum atomic E-state index is -0.462. The first-order valence-corrected chi connectivity index (χ1v) is 5.43. The van der Waals surface area contributed by atoms with E-state index in [1.807, 2.05) is 0 Å². The monoisotopic (exact) mass is 223 g/mol. The summed E-state index contributed by atoms with van der Waals surface area (Å²) in [5.74, 6) is -0.326. The number of likely N-dealkylation sites (tertiary alicyclic amines) is 1. The van der Waals surface area contributed by atoms with Crippen LogP contribution >= 0.6 is 0 Å². The SMILES string of the molecule is O=CCN1CCC(c2nccnc2F)CC1. The number of rotatable bonds is 3. The van der Waals surface area contributed by atoms with Crippen molar-refractivity contribution in [2.45, 2.75) is 18.8 Å². The average molecular weight is 223 g/mol. The molecule has 2 rings (SSSR count). The van der Waals surface area contributed by atoms with Crippen molar-refractivity contribution < 1.29 is 9.18 Å². The van der Waals surface area contributed by atoms with Gasteiger partial charge in [-0.1, -0.05) is 0 Å². The van der Waals surface area contributed by atoms with Crippen LogP contribution in [0.4, 0.5) is 4.39 Å². The molecule has 86 valence electrons. The maximum Gasteiger partial charge on any atom is 0.234 e. The molecule has 0 aromatic carbocycles. The Morgan fingerprint density at radius 1 is 1.38 bits per heavy atom. The van der Waals surface area contributed by atoms with Crippen LogP contribution in [0.25, 0.3) is 0 Å². The van der Waals surface area contributed by atoms with E-state index >= 15 is 0 Å². The number of aldehydes is 1. The van der Waals surface area contributed by atoms with Gasteiger partial charge in [-0.3, -0.25) is 9.88 Å². The van der Waals surface area contributed by atoms with E-state index in [-0.39, 0.29) is 5.92 Å². The fraction of sp³-hybridized carbons (Fsp3) is 0.545. The van der Waals surface area contributed by atoms with E-state index in [1.54, 1.807) is 0 Å². The predicted octanol–water partition coefficient (Wildman–Crippen LogP) is 0.994. The summed E-state index contributed by atoms with van der Waals surface area (Å²) < 4.78 is 13.4. The number of carbonyl (C=O) groups is 1. The summed E-state index contributed by atoms with van der Waals surface area (Å²) in [6.07, 6.45) is 5.46. The highest BCUT2D eigenvalue weighted by Crippen LogP contribution is 2.27. The normalized spacial score (nSPS) is 18.6. The number of hydrogen-bond acceptors (Lipinski definition) is 4. The van der Waals surface area contributed by atoms with Crippen LogP contribution in [0.15, 0.2) is 12.4 Å². The van der Waals surface area contributed by atoms with E-state index in [2.05, 4.69) is 14.9 Å². The molecule has 0 radical (unpaired) electrons. The predicted molar refractivity (Wildman–Crippen MR) is 56.5 cm³/mol. The highest BCUT2D eigenvalue weighted by molar-refractivity contribution is 5.51. The number of halogens is 1. The van der Waals surface area contributed by atoms with Gasteiger partial charge in [0.05, 0.1) is 12.2 Å². The van der Waals surface area contributed by atoms with Gasteiger partial charge in [0.15, 0.2) is 0 Å². The first-order chi connectivity index (χ1) is 7.81. The smallest absolute Gasteiger partial charge is 0.234 e. The number of piperidine rings is 1. The van der Waals surface area contributed by atoms with Gasteiger partial charge >= 0.3 is 0 Å². The summed E-state index contributed by atoms with van der Waals surface area (Å²) in [4.78, 5) is 20.1. The molecule has 0 spiro atoms. The molecule has 1 aliphatic heterocycles. The molecule has 0 amide bonds. The molecule has 0 unspecified atom stereocenters. The van der Waals surface area contributed by atoms with Crippen LogP contribution in [0, 0.1) is 5.95 Å². The molecular weight excluding hydrogens is 209 g/mol. The van der Waals surface area contributed by atoms with Crippen LogP contribution < -0.4 is 0 Å². The number of aromatic nitrogens is 2. The van der Waals surface area contributed by atoms with E-state index in [0.717, 1.165) is 32.2 Å². The van der Waals surface area contributed by atoms with Gasteiger partial charge in [-0.2, -0.15) is 4.39 Å². The van der Waals surface area contributed by atoms with Crippen LogP contribution in [-0.2, 0) is 4.79 Å². The molecule has 16 heavy (non-hydrogen) atoms.